The molecule has 0 unspecified atom stereocenters. The van der Waals surface area contributed by atoms with E-state index in [4.69, 9.17) is 8.92 Å². The van der Waals surface area contributed by atoms with Crippen LogP contribution in [0.1, 0.15) is 0 Å². The van der Waals surface area contributed by atoms with Gasteiger partial charge < -0.3 is 16.4 Å². The van der Waals surface area contributed by atoms with Crippen molar-refractivity contribution in [1.29, 1.82) is 0 Å². The van der Waals surface area contributed by atoms with Gasteiger partial charge in [-0.1, -0.05) is 0 Å². The molecule has 0 fully saturated rings. The van der Waals surface area contributed by atoms with E-state index in [0.717, 1.165) is 0 Å². The van der Waals surface area contributed by atoms with Crippen LogP contribution in [0.4, 0.5) is 0 Å². The summed E-state index contributed by atoms with van der Waals surface area (Å²) >= 11 is 0. The fourth-order valence-corrected chi connectivity index (χ4v) is 0. The maximum absolute atomic E-state index is 8.40. The van der Waals surface area contributed by atoms with Crippen LogP contribution in [0.5, 0.6) is 0 Å². The number of hydrogen-bond acceptors (Lipinski definition) is 2. The summed E-state index contributed by atoms with van der Waals surface area (Å²) in [4.78, 5) is 0. The van der Waals surface area contributed by atoms with Crippen molar-refractivity contribution in [2.24, 2.45) is 0 Å². The Bertz CT molecular complexity index is 33.4. The zero-order valence-electron chi connectivity index (χ0n) is 3.62. The van der Waals surface area contributed by atoms with Gasteiger partial charge in [-0.05, 0) is 0 Å². The molecular weight excluding hydrogens is 183 g/mol. The Morgan fingerprint density at radius 1 is 0.875 bits per heavy atom. The first-order valence-corrected chi connectivity index (χ1v) is 1.22. The first-order chi connectivity index (χ1) is 1.41. The molecule has 0 rings (SSSR count). The smallest absolute Gasteiger partial charge is 2.00 e. The van der Waals surface area contributed by atoms with Gasteiger partial charge >= 0.3 is 48.4 Å². The van der Waals surface area contributed by atoms with Crippen LogP contribution in [0.3, 0.4) is 0 Å². The van der Waals surface area contributed by atoms with Crippen molar-refractivity contribution in [3.05, 3.63) is 0 Å². The Hall–Kier alpha value is 0.944. The summed E-state index contributed by atoms with van der Waals surface area (Å²) in [6.45, 7) is 0. The molecule has 0 spiro atoms. The minimum atomic E-state index is -1.42. The van der Waals surface area contributed by atoms with Crippen molar-refractivity contribution in [3.8, 4) is 0 Å². The Balaban J connectivity index is -0.00000000200. The van der Waals surface area contributed by atoms with Crippen LogP contribution in [0.15, 0.2) is 0 Å². The van der Waals surface area contributed by atoms with Crippen molar-refractivity contribution >= 4 is 26.7 Å². The molecule has 0 aliphatic carbocycles. The van der Waals surface area contributed by atoms with E-state index >= 15 is 0 Å². The zero-order chi connectivity index (χ0) is 2.71. The van der Waals surface area contributed by atoms with E-state index in [-0.39, 0.29) is 55.5 Å². The van der Waals surface area contributed by atoms with Crippen LogP contribution in [0, 0.1) is 0 Å². The molecule has 0 aliphatic rings. The molecule has 0 saturated carbocycles. The van der Waals surface area contributed by atoms with E-state index in [1.165, 1.54) is 0 Å². The molecule has 0 aromatic heterocycles. The Morgan fingerprint density at radius 2 is 0.875 bits per heavy atom. The minimum Gasteiger partial charge on any atom is -2.00 e. The molecule has 0 radical (unpaired) electrons. The molecule has 0 atom stereocenters. The van der Waals surface area contributed by atoms with Gasteiger partial charge in [0.2, 0.25) is 0 Å². The molecule has 8 heteroatoms. The molecular formula is AlO5SiTi+. The molecule has 40 valence electrons. The largest absolute Gasteiger partial charge is 4.00 e. The summed E-state index contributed by atoms with van der Waals surface area (Å²) in [7, 11) is -1.42. The Kier molecular flexibility index (Phi) is 825. The Morgan fingerprint density at radius 3 is 0.875 bits per heavy atom. The summed E-state index contributed by atoms with van der Waals surface area (Å²) in [5.74, 6) is 0. The molecule has 0 aromatic carbocycles. The van der Waals surface area contributed by atoms with Crippen LogP contribution < -0.4 is 0 Å². The average Bonchev–Trinajstić information content (AvgIpc) is 0.918. The van der Waals surface area contributed by atoms with E-state index in [2.05, 4.69) is 0 Å². The van der Waals surface area contributed by atoms with Gasteiger partial charge in [0, 0.05) is 0 Å². The van der Waals surface area contributed by atoms with E-state index < -0.39 is 9.29 Å². The van der Waals surface area contributed by atoms with E-state index in [0.29, 0.717) is 0 Å². The normalized spacial score (nSPS) is 1.00. The molecule has 0 bridgehead atoms. The standard InChI is InChI=1S/Al.O2Si.3O.Ti/c;1-3-2;;;;/q+3;;3*-2;+4. The van der Waals surface area contributed by atoms with Crippen molar-refractivity contribution in [1.82, 2.24) is 0 Å². The van der Waals surface area contributed by atoms with Gasteiger partial charge in [0.05, 0.1) is 0 Å². The maximum Gasteiger partial charge on any atom is 4.00 e. The summed E-state index contributed by atoms with van der Waals surface area (Å²) in [6.07, 6.45) is 0. The van der Waals surface area contributed by atoms with Gasteiger partial charge in [-0.3, -0.25) is 8.92 Å². The zero-order valence-corrected chi connectivity index (χ0v) is 7.33. The van der Waals surface area contributed by atoms with E-state index in [1.807, 2.05) is 0 Å². The third-order valence-corrected chi connectivity index (χ3v) is 0. The molecule has 5 nitrogen and oxygen atoms in total. The first-order valence-electron chi connectivity index (χ1n) is 0.408. The fraction of sp³-hybridized carbons (Fsp3) is 0. The summed E-state index contributed by atoms with van der Waals surface area (Å²) in [6, 6.07) is 0. The molecule has 8 heavy (non-hydrogen) atoms. The van der Waals surface area contributed by atoms with E-state index in [9.17, 15) is 0 Å². The number of rotatable bonds is 0. The topological polar surface area (TPSA) is 120 Å². The van der Waals surface area contributed by atoms with Gasteiger partial charge in [0.15, 0.2) is 0 Å². The van der Waals surface area contributed by atoms with E-state index in [1.54, 1.807) is 0 Å². The predicted molar refractivity (Wildman–Crippen MR) is 14.9 cm³/mol. The van der Waals surface area contributed by atoms with Crippen LogP contribution in [-0.4, -0.2) is 26.7 Å². The average molecular weight is 183 g/mol. The van der Waals surface area contributed by atoms with Crippen LogP contribution in [0.25, 0.3) is 0 Å². The number of hydrogen-bond donors (Lipinski definition) is 0. The second-order valence-corrected chi connectivity index (χ2v) is 0.250. The third kappa shape index (κ3) is 275. The summed E-state index contributed by atoms with van der Waals surface area (Å²) in [5.41, 5.74) is 0. The van der Waals surface area contributed by atoms with Crippen molar-refractivity contribution in [3.63, 3.8) is 0 Å². The van der Waals surface area contributed by atoms with Crippen LogP contribution in [0.2, 0.25) is 0 Å². The SMILES string of the molecule is O=[Si]=O.[Al+3].[O-2].[O-2].[O-2].[Ti+4]. The molecule has 0 aliphatic heterocycles. The fourth-order valence-electron chi connectivity index (χ4n) is 0. The van der Waals surface area contributed by atoms with Crippen molar-refractivity contribution < 1.29 is 47.1 Å². The predicted octanol–water partition coefficient (Wildman–Crippen LogP) is -1.36. The van der Waals surface area contributed by atoms with Crippen LogP contribution in [-0.2, 0) is 47.1 Å². The second kappa shape index (κ2) is 101. The van der Waals surface area contributed by atoms with Crippen molar-refractivity contribution in [2.45, 2.75) is 0 Å². The molecule has 0 amide bonds. The quantitative estimate of drug-likeness (QED) is 0.430. The van der Waals surface area contributed by atoms with Crippen molar-refractivity contribution in [2.75, 3.05) is 0 Å². The molecule has 0 N–H and O–H groups in total. The van der Waals surface area contributed by atoms with Crippen LogP contribution >= 0.6 is 0 Å². The van der Waals surface area contributed by atoms with Gasteiger partial charge in [-0.2, -0.15) is 0 Å². The maximum atomic E-state index is 8.40. The Labute approximate surface area is 73.7 Å². The first kappa shape index (κ1) is 65.1. The molecule has 0 aromatic rings. The van der Waals surface area contributed by atoms with Gasteiger partial charge in [-0.25, -0.2) is 0 Å². The van der Waals surface area contributed by atoms with Gasteiger partial charge in [0.1, 0.15) is 0 Å². The summed E-state index contributed by atoms with van der Waals surface area (Å²) < 4.78 is 16.8. The molecule has 0 saturated heterocycles. The summed E-state index contributed by atoms with van der Waals surface area (Å²) in [5, 5.41) is 0. The monoisotopic (exact) mass is 183 g/mol. The van der Waals surface area contributed by atoms with Gasteiger partial charge in [0.25, 0.3) is 0 Å². The second-order valence-electron chi connectivity index (χ2n) is 0.0833. The van der Waals surface area contributed by atoms with Gasteiger partial charge in [-0.15, -0.1) is 0 Å². The minimum absolute atomic E-state index is 0. The third-order valence-electron chi connectivity index (χ3n) is 0. The molecule has 0 heterocycles.